The van der Waals surface area contributed by atoms with E-state index in [0.29, 0.717) is 28.8 Å². The highest BCUT2D eigenvalue weighted by atomic mass is 16.5. The Hall–Kier alpha value is -2.60. The number of pyridine rings is 1. The number of aliphatic imine (C=N–C) groups is 1. The zero-order valence-electron chi connectivity index (χ0n) is 15.5. The second-order valence-corrected chi connectivity index (χ2v) is 6.59. The van der Waals surface area contributed by atoms with Crippen LogP contribution in [0.1, 0.15) is 42.5 Å². The predicted molar refractivity (Wildman–Crippen MR) is 100 cm³/mol. The third-order valence-electron chi connectivity index (χ3n) is 4.52. The van der Waals surface area contributed by atoms with Gasteiger partial charge in [0.05, 0.1) is 18.7 Å². The van der Waals surface area contributed by atoms with Crippen molar-refractivity contribution in [3.8, 4) is 17.4 Å². The molecule has 0 saturated heterocycles. The molecule has 0 atom stereocenters. The van der Waals surface area contributed by atoms with Crippen LogP contribution in [0.4, 0.5) is 0 Å². The summed E-state index contributed by atoms with van der Waals surface area (Å²) in [6.07, 6.45) is 4.41. The van der Waals surface area contributed by atoms with E-state index >= 15 is 0 Å². The summed E-state index contributed by atoms with van der Waals surface area (Å²) in [7, 11) is 1.61. The first kappa shape index (κ1) is 18.2. The van der Waals surface area contributed by atoms with Crippen molar-refractivity contribution < 1.29 is 14.7 Å². The van der Waals surface area contributed by atoms with Gasteiger partial charge < -0.3 is 9.47 Å². The van der Waals surface area contributed by atoms with Gasteiger partial charge in [-0.05, 0) is 56.5 Å². The molecule has 1 aliphatic carbocycles. The monoisotopic (exact) mass is 355 g/mol. The fourth-order valence-corrected chi connectivity index (χ4v) is 3.13. The third kappa shape index (κ3) is 4.14. The Bertz CT molecular complexity index is 799. The fourth-order valence-electron chi connectivity index (χ4n) is 3.13. The first-order valence-corrected chi connectivity index (χ1v) is 8.89. The number of nitrogens with one attached hydrogen (secondary N) is 1. The summed E-state index contributed by atoms with van der Waals surface area (Å²) in [4.78, 5) is 9.16. The molecule has 26 heavy (non-hydrogen) atoms. The number of hydrogen-bond acceptors (Lipinski definition) is 5. The van der Waals surface area contributed by atoms with Crippen molar-refractivity contribution in [1.82, 2.24) is 10.5 Å². The van der Waals surface area contributed by atoms with Crippen LogP contribution in [0.15, 0.2) is 35.3 Å². The Morgan fingerprint density at radius 2 is 1.92 bits per heavy atom. The average molecular weight is 355 g/mol. The van der Waals surface area contributed by atoms with Crippen LogP contribution in [0.3, 0.4) is 0 Å². The summed E-state index contributed by atoms with van der Waals surface area (Å²) < 4.78 is 11.5. The third-order valence-corrected chi connectivity index (χ3v) is 4.52. The minimum Gasteiger partial charge on any atom is -0.493 e. The van der Waals surface area contributed by atoms with Crippen LogP contribution in [0, 0.1) is 13.8 Å². The summed E-state index contributed by atoms with van der Waals surface area (Å²) in [6.45, 7) is 3.88. The maximum Gasteiger partial charge on any atom is 0.230 e. The average Bonchev–Trinajstić information content (AvgIpc) is 3.15. The standard InChI is InChI=1S/C20H25N3O3/c1-13-8-11-17(18(12-13)25-3)26-20-16(10-9-14(2)21-20)19(23-24)22-15-6-4-5-7-15/h8-12,15,24H,4-7H2,1-3H3,(H,22,23). The quantitative estimate of drug-likeness (QED) is 0.478. The molecule has 1 fully saturated rings. The lowest BCUT2D eigenvalue weighted by atomic mass is 10.2. The number of amidine groups is 1. The maximum atomic E-state index is 9.65. The van der Waals surface area contributed by atoms with E-state index in [1.165, 1.54) is 12.8 Å². The molecule has 1 aromatic heterocycles. The smallest absolute Gasteiger partial charge is 0.230 e. The van der Waals surface area contributed by atoms with Crippen molar-refractivity contribution in [3.05, 3.63) is 47.2 Å². The molecule has 2 N–H and O–H groups in total. The van der Waals surface area contributed by atoms with Crippen molar-refractivity contribution in [2.45, 2.75) is 45.6 Å². The van der Waals surface area contributed by atoms with Crippen LogP contribution in [0.25, 0.3) is 0 Å². The number of ether oxygens (including phenoxy) is 2. The molecule has 6 nitrogen and oxygen atoms in total. The molecule has 6 heteroatoms. The van der Waals surface area contributed by atoms with E-state index in [2.05, 4.69) is 15.5 Å². The largest absolute Gasteiger partial charge is 0.493 e. The van der Waals surface area contributed by atoms with Gasteiger partial charge in [-0.2, -0.15) is 0 Å². The van der Waals surface area contributed by atoms with Gasteiger partial charge in [0, 0.05) is 5.69 Å². The molecule has 1 heterocycles. The molecule has 2 aromatic rings. The molecule has 0 unspecified atom stereocenters. The van der Waals surface area contributed by atoms with E-state index < -0.39 is 0 Å². The van der Waals surface area contributed by atoms with Crippen molar-refractivity contribution >= 4 is 5.84 Å². The van der Waals surface area contributed by atoms with E-state index in [9.17, 15) is 5.21 Å². The minimum absolute atomic E-state index is 0.215. The van der Waals surface area contributed by atoms with Crippen molar-refractivity contribution in [2.24, 2.45) is 4.99 Å². The first-order chi connectivity index (χ1) is 12.6. The van der Waals surface area contributed by atoms with Crippen LogP contribution < -0.4 is 15.0 Å². The minimum atomic E-state index is 0.215. The molecule has 1 aromatic carbocycles. The summed E-state index contributed by atoms with van der Waals surface area (Å²) in [5, 5.41) is 9.65. The van der Waals surface area contributed by atoms with Crippen LogP contribution >= 0.6 is 0 Å². The summed E-state index contributed by atoms with van der Waals surface area (Å²) in [6, 6.07) is 9.65. The Morgan fingerprint density at radius 3 is 2.62 bits per heavy atom. The number of aryl methyl sites for hydroxylation is 2. The predicted octanol–water partition coefficient (Wildman–Crippen LogP) is 4.17. The van der Waals surface area contributed by atoms with Gasteiger partial charge in [0.25, 0.3) is 0 Å². The van der Waals surface area contributed by atoms with Gasteiger partial charge in [-0.1, -0.05) is 18.9 Å². The van der Waals surface area contributed by atoms with E-state index in [0.717, 1.165) is 24.1 Å². The van der Waals surface area contributed by atoms with Crippen molar-refractivity contribution in [1.29, 1.82) is 0 Å². The SMILES string of the molecule is COc1cc(C)ccc1Oc1nc(C)ccc1C(=NC1CCCC1)NO. The van der Waals surface area contributed by atoms with Gasteiger partial charge in [0.2, 0.25) is 5.88 Å². The van der Waals surface area contributed by atoms with Crippen LogP contribution in [0.5, 0.6) is 17.4 Å². The molecule has 0 aliphatic heterocycles. The summed E-state index contributed by atoms with van der Waals surface area (Å²) in [5.41, 5.74) is 4.73. The number of benzene rings is 1. The van der Waals surface area contributed by atoms with Gasteiger partial charge in [-0.25, -0.2) is 4.98 Å². The number of hydroxylamine groups is 1. The van der Waals surface area contributed by atoms with Gasteiger partial charge >= 0.3 is 0 Å². The zero-order chi connectivity index (χ0) is 18.5. The molecule has 3 rings (SSSR count). The molecular formula is C20H25N3O3. The molecule has 1 saturated carbocycles. The Morgan fingerprint density at radius 1 is 1.15 bits per heavy atom. The van der Waals surface area contributed by atoms with Gasteiger partial charge in [-0.3, -0.25) is 15.7 Å². The normalized spacial score (nSPS) is 15.2. The van der Waals surface area contributed by atoms with E-state index in [1.807, 2.05) is 44.2 Å². The second-order valence-electron chi connectivity index (χ2n) is 6.59. The lowest BCUT2D eigenvalue weighted by molar-refractivity contribution is 0.233. The van der Waals surface area contributed by atoms with Gasteiger partial charge in [0.1, 0.15) is 0 Å². The van der Waals surface area contributed by atoms with Crippen LogP contribution in [0.2, 0.25) is 0 Å². The first-order valence-electron chi connectivity index (χ1n) is 8.89. The fraction of sp³-hybridized carbons (Fsp3) is 0.400. The lowest BCUT2D eigenvalue weighted by Gasteiger charge is -2.15. The number of methoxy groups -OCH3 is 1. The molecule has 138 valence electrons. The van der Waals surface area contributed by atoms with E-state index in [4.69, 9.17) is 9.47 Å². The topological polar surface area (TPSA) is 76.0 Å². The zero-order valence-corrected chi connectivity index (χ0v) is 15.5. The summed E-state index contributed by atoms with van der Waals surface area (Å²) >= 11 is 0. The highest BCUT2D eigenvalue weighted by molar-refractivity contribution is 6.00. The second kappa shape index (κ2) is 8.19. The Balaban J connectivity index is 1.98. The molecule has 0 spiro atoms. The van der Waals surface area contributed by atoms with Gasteiger partial charge in [-0.15, -0.1) is 0 Å². The molecule has 0 bridgehead atoms. The molecule has 0 radical (unpaired) electrons. The summed E-state index contributed by atoms with van der Waals surface area (Å²) in [5.74, 6) is 1.96. The van der Waals surface area contributed by atoms with E-state index in [1.54, 1.807) is 7.11 Å². The highest BCUT2D eigenvalue weighted by Crippen LogP contribution is 2.33. The van der Waals surface area contributed by atoms with Crippen LogP contribution in [-0.2, 0) is 0 Å². The molecule has 0 amide bonds. The number of nitrogens with zero attached hydrogens (tertiary/aromatic N) is 2. The highest BCUT2D eigenvalue weighted by Gasteiger charge is 2.19. The van der Waals surface area contributed by atoms with E-state index in [-0.39, 0.29) is 6.04 Å². The molecular weight excluding hydrogens is 330 g/mol. The van der Waals surface area contributed by atoms with Gasteiger partial charge in [0.15, 0.2) is 17.3 Å². The number of aromatic nitrogens is 1. The van der Waals surface area contributed by atoms with Crippen molar-refractivity contribution in [2.75, 3.05) is 7.11 Å². The number of rotatable bonds is 5. The van der Waals surface area contributed by atoms with Crippen LogP contribution in [-0.4, -0.2) is 29.2 Å². The van der Waals surface area contributed by atoms with Crippen molar-refractivity contribution in [3.63, 3.8) is 0 Å². The maximum absolute atomic E-state index is 9.65. The Kier molecular flexibility index (Phi) is 5.73. The lowest BCUT2D eigenvalue weighted by Crippen LogP contribution is -2.23. The number of hydrogen-bond donors (Lipinski definition) is 2. The molecule has 1 aliphatic rings. The Labute approximate surface area is 153 Å².